The minimum absolute atomic E-state index is 0.269. The number of benzene rings is 1. The maximum absolute atomic E-state index is 11.8. The first-order valence-corrected chi connectivity index (χ1v) is 5.40. The number of nitrogens with zero attached hydrogens (tertiary/aromatic N) is 2. The van der Waals surface area contributed by atoms with Gasteiger partial charge in [0.2, 0.25) is 0 Å². The molecule has 4 heteroatoms. The van der Waals surface area contributed by atoms with Gasteiger partial charge in [0.1, 0.15) is 0 Å². The van der Waals surface area contributed by atoms with Crippen molar-refractivity contribution in [2.75, 3.05) is 0 Å². The van der Waals surface area contributed by atoms with Crippen LogP contribution in [0.3, 0.4) is 0 Å². The monoisotopic (exact) mass is 230 g/mol. The largest absolute Gasteiger partial charge is 0.331 e. The molecule has 88 valence electrons. The van der Waals surface area contributed by atoms with Crippen molar-refractivity contribution in [2.45, 2.75) is 13.5 Å². The highest BCUT2D eigenvalue weighted by Gasteiger charge is 2.03. The molecule has 0 aliphatic heterocycles. The molecule has 1 aromatic heterocycles. The molecule has 0 aliphatic carbocycles. The van der Waals surface area contributed by atoms with Gasteiger partial charge < -0.3 is 4.57 Å². The maximum Gasteiger partial charge on any atom is 0.331 e. The lowest BCUT2D eigenvalue weighted by Gasteiger charge is -2.07. The fraction of sp³-hybridized carbons (Fsp3) is 0.231. The highest BCUT2D eigenvalue weighted by atomic mass is 16.2. The molecule has 0 fully saturated rings. The second kappa shape index (κ2) is 4.41. The van der Waals surface area contributed by atoms with Crippen LogP contribution in [-0.4, -0.2) is 9.13 Å². The summed E-state index contributed by atoms with van der Waals surface area (Å²) in [5, 5.41) is 0. The zero-order valence-electron chi connectivity index (χ0n) is 9.88. The molecule has 0 unspecified atom stereocenters. The van der Waals surface area contributed by atoms with Crippen molar-refractivity contribution >= 4 is 0 Å². The summed E-state index contributed by atoms with van der Waals surface area (Å²) in [5.41, 5.74) is 1.51. The molecule has 0 aliphatic rings. The maximum atomic E-state index is 11.8. The molecule has 0 N–H and O–H groups in total. The summed E-state index contributed by atoms with van der Waals surface area (Å²) < 4.78 is 2.63. The van der Waals surface area contributed by atoms with Crippen molar-refractivity contribution in [3.8, 4) is 0 Å². The molecule has 1 heterocycles. The van der Waals surface area contributed by atoms with Gasteiger partial charge in [0.15, 0.2) is 0 Å². The molecule has 4 nitrogen and oxygen atoms in total. The van der Waals surface area contributed by atoms with E-state index in [-0.39, 0.29) is 11.2 Å². The van der Waals surface area contributed by atoms with E-state index in [0.717, 1.165) is 11.1 Å². The fourth-order valence-electron chi connectivity index (χ4n) is 1.75. The van der Waals surface area contributed by atoms with E-state index in [1.165, 1.54) is 21.4 Å². The van der Waals surface area contributed by atoms with Crippen LogP contribution in [0.25, 0.3) is 0 Å². The molecule has 0 saturated carbocycles. The highest BCUT2D eigenvalue weighted by molar-refractivity contribution is 5.22. The fourth-order valence-corrected chi connectivity index (χ4v) is 1.75. The minimum atomic E-state index is -0.293. The van der Waals surface area contributed by atoms with E-state index in [2.05, 4.69) is 0 Å². The summed E-state index contributed by atoms with van der Waals surface area (Å²) in [6.45, 7) is 2.30. The van der Waals surface area contributed by atoms with Gasteiger partial charge in [0.25, 0.3) is 5.56 Å². The molecule has 0 spiro atoms. The molecule has 0 bridgehead atoms. The zero-order chi connectivity index (χ0) is 12.4. The third-order valence-electron chi connectivity index (χ3n) is 2.66. The predicted octanol–water partition coefficient (Wildman–Crippen LogP) is 0.904. The van der Waals surface area contributed by atoms with Gasteiger partial charge in [-0.25, -0.2) is 4.79 Å². The third-order valence-corrected chi connectivity index (χ3v) is 2.66. The third kappa shape index (κ3) is 2.36. The molecule has 0 atom stereocenters. The van der Waals surface area contributed by atoms with Gasteiger partial charge in [-0.2, -0.15) is 0 Å². The average molecular weight is 230 g/mol. The second-order valence-electron chi connectivity index (χ2n) is 4.12. The van der Waals surface area contributed by atoms with Crippen LogP contribution >= 0.6 is 0 Å². The Morgan fingerprint density at radius 3 is 2.65 bits per heavy atom. The summed E-state index contributed by atoms with van der Waals surface area (Å²) in [6.07, 6.45) is 1.48. The normalized spacial score (nSPS) is 10.5. The number of hydrogen-bond donors (Lipinski definition) is 0. The summed E-state index contributed by atoms with van der Waals surface area (Å²) in [6, 6.07) is 9.18. The van der Waals surface area contributed by atoms with Crippen LogP contribution in [0.1, 0.15) is 11.1 Å². The lowest BCUT2D eigenvalue weighted by molar-refractivity contribution is 0.639. The smallest absolute Gasteiger partial charge is 0.303 e. The molecule has 0 amide bonds. The van der Waals surface area contributed by atoms with Crippen LogP contribution < -0.4 is 11.2 Å². The van der Waals surface area contributed by atoms with E-state index in [1.54, 1.807) is 7.05 Å². The van der Waals surface area contributed by atoms with Gasteiger partial charge >= 0.3 is 5.69 Å². The Labute approximate surface area is 98.8 Å². The predicted molar refractivity (Wildman–Crippen MR) is 66.2 cm³/mol. The first kappa shape index (κ1) is 11.4. The van der Waals surface area contributed by atoms with E-state index in [1.807, 2.05) is 31.2 Å². The second-order valence-corrected chi connectivity index (χ2v) is 4.12. The van der Waals surface area contributed by atoms with Crippen molar-refractivity contribution in [3.05, 3.63) is 68.5 Å². The first-order valence-electron chi connectivity index (χ1n) is 5.40. The molecule has 0 saturated heterocycles. The van der Waals surface area contributed by atoms with Crippen LogP contribution in [0.2, 0.25) is 0 Å². The lowest BCUT2D eigenvalue weighted by atomic mass is 10.1. The highest BCUT2D eigenvalue weighted by Crippen LogP contribution is 2.03. The quantitative estimate of drug-likeness (QED) is 0.769. The van der Waals surface area contributed by atoms with Crippen molar-refractivity contribution in [1.29, 1.82) is 0 Å². The standard InChI is InChI=1S/C13H14N2O2/c1-10-4-3-5-11(8-10)9-15-12(16)6-7-14(2)13(15)17/h3-8H,9H2,1-2H3. The van der Waals surface area contributed by atoms with Crippen LogP contribution in [0, 0.1) is 6.92 Å². The van der Waals surface area contributed by atoms with E-state index >= 15 is 0 Å². The van der Waals surface area contributed by atoms with Gasteiger partial charge in [-0.05, 0) is 12.5 Å². The van der Waals surface area contributed by atoms with Crippen LogP contribution in [0.5, 0.6) is 0 Å². The number of aromatic nitrogens is 2. The van der Waals surface area contributed by atoms with Gasteiger partial charge in [-0.3, -0.25) is 9.36 Å². The van der Waals surface area contributed by atoms with E-state index in [4.69, 9.17) is 0 Å². The van der Waals surface area contributed by atoms with E-state index in [9.17, 15) is 9.59 Å². The zero-order valence-corrected chi connectivity index (χ0v) is 9.88. The minimum Gasteiger partial charge on any atom is -0.303 e. The topological polar surface area (TPSA) is 44.0 Å². The van der Waals surface area contributed by atoms with Gasteiger partial charge in [-0.1, -0.05) is 29.8 Å². The SMILES string of the molecule is Cc1cccc(Cn2c(=O)ccn(C)c2=O)c1. The molecule has 0 radical (unpaired) electrons. The Hall–Kier alpha value is -2.10. The average Bonchev–Trinajstić information content (AvgIpc) is 2.30. The Balaban J connectivity index is 2.47. The van der Waals surface area contributed by atoms with Gasteiger partial charge in [0.05, 0.1) is 6.54 Å². The Bertz CT molecular complexity index is 653. The summed E-state index contributed by atoms with van der Waals surface area (Å²) in [7, 11) is 1.63. The van der Waals surface area contributed by atoms with Crippen LogP contribution in [0.4, 0.5) is 0 Å². The van der Waals surface area contributed by atoms with Crippen molar-refractivity contribution in [2.24, 2.45) is 7.05 Å². The number of aryl methyl sites for hydroxylation is 2. The molecule has 2 rings (SSSR count). The summed E-state index contributed by atoms with van der Waals surface area (Å²) in [5.74, 6) is 0. The lowest BCUT2D eigenvalue weighted by Crippen LogP contribution is -2.38. The van der Waals surface area contributed by atoms with Crippen molar-refractivity contribution in [3.63, 3.8) is 0 Å². The molecular weight excluding hydrogens is 216 g/mol. The Morgan fingerprint density at radius 2 is 1.94 bits per heavy atom. The number of rotatable bonds is 2. The van der Waals surface area contributed by atoms with Crippen LogP contribution in [-0.2, 0) is 13.6 Å². The van der Waals surface area contributed by atoms with Crippen molar-refractivity contribution < 1.29 is 0 Å². The Morgan fingerprint density at radius 1 is 1.18 bits per heavy atom. The van der Waals surface area contributed by atoms with Gasteiger partial charge in [0, 0.05) is 19.3 Å². The summed E-state index contributed by atoms with van der Waals surface area (Å²) in [4.78, 5) is 23.4. The van der Waals surface area contributed by atoms with E-state index in [0.29, 0.717) is 6.54 Å². The summed E-state index contributed by atoms with van der Waals surface area (Å²) >= 11 is 0. The van der Waals surface area contributed by atoms with E-state index < -0.39 is 0 Å². The van der Waals surface area contributed by atoms with Crippen LogP contribution in [0.15, 0.2) is 46.1 Å². The molecule has 1 aromatic carbocycles. The first-order chi connectivity index (χ1) is 8.08. The molecular formula is C13H14N2O2. The van der Waals surface area contributed by atoms with Gasteiger partial charge in [-0.15, -0.1) is 0 Å². The molecule has 2 aromatic rings. The number of hydrogen-bond acceptors (Lipinski definition) is 2. The Kier molecular flexibility index (Phi) is 2.95. The van der Waals surface area contributed by atoms with Crippen molar-refractivity contribution in [1.82, 2.24) is 9.13 Å². The molecule has 17 heavy (non-hydrogen) atoms.